The highest BCUT2D eigenvalue weighted by molar-refractivity contribution is 6.17. The van der Waals surface area contributed by atoms with E-state index >= 15 is 0 Å². The van der Waals surface area contributed by atoms with Crippen LogP contribution < -0.4 is 4.90 Å². The number of rotatable bonds is 5. The van der Waals surface area contributed by atoms with Crippen molar-refractivity contribution in [3.05, 3.63) is 18.0 Å². The fraction of sp³-hybridized carbons (Fsp3) is 0.600. The first kappa shape index (κ1) is 12.2. The van der Waals surface area contributed by atoms with Crippen LogP contribution in [-0.2, 0) is 5.88 Å². The van der Waals surface area contributed by atoms with Gasteiger partial charge in [0.05, 0.1) is 5.88 Å². The SMILES string of the molecule is CN(C)CCN(C)c1ncc(CCl)cn1. The van der Waals surface area contributed by atoms with Crippen molar-refractivity contribution in [3.8, 4) is 0 Å². The van der Waals surface area contributed by atoms with E-state index in [1.807, 2.05) is 26.0 Å². The molecule has 0 saturated carbocycles. The zero-order valence-corrected chi connectivity index (χ0v) is 10.2. The van der Waals surface area contributed by atoms with Crippen molar-refractivity contribution in [1.82, 2.24) is 14.9 Å². The first-order valence-electron chi connectivity index (χ1n) is 4.86. The van der Waals surface area contributed by atoms with Crippen LogP contribution in [0.25, 0.3) is 0 Å². The first-order valence-corrected chi connectivity index (χ1v) is 5.39. The van der Waals surface area contributed by atoms with Gasteiger partial charge >= 0.3 is 0 Å². The van der Waals surface area contributed by atoms with Crippen molar-refractivity contribution in [2.45, 2.75) is 5.88 Å². The summed E-state index contributed by atoms with van der Waals surface area (Å²) >= 11 is 5.66. The van der Waals surface area contributed by atoms with E-state index in [0.29, 0.717) is 5.88 Å². The molecule has 4 nitrogen and oxygen atoms in total. The van der Waals surface area contributed by atoms with E-state index in [4.69, 9.17) is 11.6 Å². The molecule has 15 heavy (non-hydrogen) atoms. The number of alkyl halides is 1. The normalized spacial score (nSPS) is 10.7. The van der Waals surface area contributed by atoms with Crippen molar-refractivity contribution in [1.29, 1.82) is 0 Å². The lowest BCUT2D eigenvalue weighted by atomic mass is 10.4. The van der Waals surface area contributed by atoms with Crippen molar-refractivity contribution >= 4 is 17.5 Å². The minimum absolute atomic E-state index is 0.460. The zero-order valence-electron chi connectivity index (χ0n) is 9.44. The molecule has 0 radical (unpaired) electrons. The Hall–Kier alpha value is -0.870. The minimum Gasteiger partial charge on any atom is -0.343 e. The Bertz CT molecular complexity index is 286. The number of hydrogen-bond donors (Lipinski definition) is 0. The molecule has 0 N–H and O–H groups in total. The Morgan fingerprint density at radius 1 is 1.13 bits per heavy atom. The molecule has 0 aliphatic carbocycles. The summed E-state index contributed by atoms with van der Waals surface area (Å²) in [7, 11) is 6.08. The van der Waals surface area contributed by atoms with Crippen molar-refractivity contribution < 1.29 is 0 Å². The van der Waals surface area contributed by atoms with Gasteiger partial charge in [-0.2, -0.15) is 0 Å². The lowest BCUT2D eigenvalue weighted by molar-refractivity contribution is 0.415. The molecule has 0 saturated heterocycles. The van der Waals surface area contributed by atoms with Crippen LogP contribution in [-0.4, -0.2) is 49.1 Å². The minimum atomic E-state index is 0.460. The standard InChI is InChI=1S/C10H17ClN4/c1-14(2)4-5-15(3)10-12-7-9(6-11)8-13-10/h7-8H,4-6H2,1-3H3. The number of anilines is 1. The van der Waals surface area contributed by atoms with Gasteiger partial charge in [-0.15, -0.1) is 11.6 Å². The van der Waals surface area contributed by atoms with Gasteiger partial charge in [0.25, 0.3) is 0 Å². The fourth-order valence-electron chi connectivity index (χ4n) is 1.06. The van der Waals surface area contributed by atoms with E-state index < -0.39 is 0 Å². The summed E-state index contributed by atoms with van der Waals surface area (Å²) < 4.78 is 0. The first-order chi connectivity index (χ1) is 7.13. The van der Waals surface area contributed by atoms with Gasteiger partial charge in [0.2, 0.25) is 5.95 Å². The number of halogens is 1. The number of aromatic nitrogens is 2. The van der Waals surface area contributed by atoms with Gasteiger partial charge in [-0.05, 0) is 14.1 Å². The van der Waals surface area contributed by atoms with Crippen LogP contribution in [0.4, 0.5) is 5.95 Å². The second-order valence-electron chi connectivity index (χ2n) is 3.75. The van der Waals surface area contributed by atoms with Crippen LogP contribution in [0.3, 0.4) is 0 Å². The van der Waals surface area contributed by atoms with E-state index in [0.717, 1.165) is 24.6 Å². The Morgan fingerprint density at radius 3 is 2.20 bits per heavy atom. The van der Waals surface area contributed by atoms with Crippen LogP contribution in [0.5, 0.6) is 0 Å². The van der Waals surface area contributed by atoms with Crippen molar-refractivity contribution in [2.75, 3.05) is 39.1 Å². The van der Waals surface area contributed by atoms with Gasteiger partial charge in [-0.25, -0.2) is 9.97 Å². The van der Waals surface area contributed by atoms with Gasteiger partial charge in [0, 0.05) is 38.1 Å². The van der Waals surface area contributed by atoms with E-state index in [-0.39, 0.29) is 0 Å². The third-order valence-corrected chi connectivity index (χ3v) is 2.38. The summed E-state index contributed by atoms with van der Waals surface area (Å²) in [6.07, 6.45) is 3.53. The molecular formula is C10H17ClN4. The van der Waals surface area contributed by atoms with E-state index in [1.165, 1.54) is 0 Å². The Balaban J connectivity index is 2.54. The van der Waals surface area contributed by atoms with Gasteiger partial charge in [0.15, 0.2) is 0 Å². The van der Waals surface area contributed by atoms with E-state index in [2.05, 4.69) is 14.9 Å². The second-order valence-corrected chi connectivity index (χ2v) is 4.02. The molecule has 5 heteroatoms. The number of nitrogens with zero attached hydrogens (tertiary/aromatic N) is 4. The molecule has 0 aliphatic heterocycles. The van der Waals surface area contributed by atoms with Crippen molar-refractivity contribution in [3.63, 3.8) is 0 Å². The molecule has 0 aromatic carbocycles. The molecule has 0 unspecified atom stereocenters. The highest BCUT2D eigenvalue weighted by Gasteiger charge is 2.03. The zero-order chi connectivity index (χ0) is 11.3. The van der Waals surface area contributed by atoms with E-state index in [1.54, 1.807) is 12.4 Å². The van der Waals surface area contributed by atoms with E-state index in [9.17, 15) is 0 Å². The quantitative estimate of drug-likeness (QED) is 0.710. The summed E-state index contributed by atoms with van der Waals surface area (Å²) in [4.78, 5) is 12.6. The lowest BCUT2D eigenvalue weighted by Gasteiger charge is -2.19. The Morgan fingerprint density at radius 2 is 1.73 bits per heavy atom. The second kappa shape index (κ2) is 5.88. The average Bonchev–Trinajstić information content (AvgIpc) is 2.26. The van der Waals surface area contributed by atoms with Gasteiger partial charge in [-0.1, -0.05) is 0 Å². The lowest BCUT2D eigenvalue weighted by Crippen LogP contribution is -2.29. The predicted octanol–water partition coefficient (Wildman–Crippen LogP) is 1.21. The van der Waals surface area contributed by atoms with Gasteiger partial charge < -0.3 is 9.80 Å². The average molecular weight is 229 g/mol. The molecule has 1 rings (SSSR count). The Labute approximate surface area is 95.9 Å². The molecule has 1 aromatic rings. The maximum absolute atomic E-state index is 5.66. The number of hydrogen-bond acceptors (Lipinski definition) is 4. The smallest absolute Gasteiger partial charge is 0.225 e. The summed E-state index contributed by atoms with van der Waals surface area (Å²) in [5, 5.41) is 0. The van der Waals surface area contributed by atoms with Crippen LogP contribution >= 0.6 is 11.6 Å². The highest BCUT2D eigenvalue weighted by atomic mass is 35.5. The van der Waals surface area contributed by atoms with Gasteiger partial charge in [-0.3, -0.25) is 0 Å². The fourth-order valence-corrected chi connectivity index (χ4v) is 1.20. The third kappa shape index (κ3) is 4.01. The molecule has 0 aliphatic rings. The maximum Gasteiger partial charge on any atom is 0.225 e. The van der Waals surface area contributed by atoms with Crippen LogP contribution in [0.15, 0.2) is 12.4 Å². The van der Waals surface area contributed by atoms with Crippen molar-refractivity contribution in [2.24, 2.45) is 0 Å². The molecule has 0 spiro atoms. The molecule has 0 fully saturated rings. The molecule has 0 atom stereocenters. The number of likely N-dealkylation sites (N-methyl/N-ethyl adjacent to an activating group) is 2. The van der Waals surface area contributed by atoms with Crippen LogP contribution in [0.1, 0.15) is 5.56 Å². The van der Waals surface area contributed by atoms with Gasteiger partial charge in [0.1, 0.15) is 0 Å². The predicted molar refractivity (Wildman–Crippen MR) is 63.4 cm³/mol. The molecule has 1 aromatic heterocycles. The summed E-state index contributed by atoms with van der Waals surface area (Å²) in [5.41, 5.74) is 0.946. The topological polar surface area (TPSA) is 32.3 Å². The third-order valence-electron chi connectivity index (χ3n) is 2.07. The largest absolute Gasteiger partial charge is 0.343 e. The highest BCUT2D eigenvalue weighted by Crippen LogP contribution is 2.06. The van der Waals surface area contributed by atoms with Crippen LogP contribution in [0.2, 0.25) is 0 Å². The summed E-state index contributed by atoms with van der Waals surface area (Å²) in [5.74, 6) is 1.20. The summed E-state index contributed by atoms with van der Waals surface area (Å²) in [6, 6.07) is 0. The molecule has 0 bridgehead atoms. The molecule has 84 valence electrons. The Kier molecular flexibility index (Phi) is 4.78. The molecular weight excluding hydrogens is 212 g/mol. The van der Waals surface area contributed by atoms with Crippen LogP contribution in [0, 0.1) is 0 Å². The monoisotopic (exact) mass is 228 g/mol. The molecule has 0 amide bonds. The maximum atomic E-state index is 5.66. The molecule has 1 heterocycles. The summed E-state index contributed by atoms with van der Waals surface area (Å²) in [6.45, 7) is 1.89.